The Balaban J connectivity index is 1.41. The van der Waals surface area contributed by atoms with Crippen LogP contribution in [0.25, 0.3) is 65.4 Å². The third-order valence-electron chi connectivity index (χ3n) is 8.83. The summed E-state index contributed by atoms with van der Waals surface area (Å²) in [6.45, 7) is 0. The van der Waals surface area contributed by atoms with Crippen molar-refractivity contribution < 1.29 is 4.42 Å². The van der Waals surface area contributed by atoms with Crippen molar-refractivity contribution in [2.24, 2.45) is 0 Å². The molecule has 44 heavy (non-hydrogen) atoms. The van der Waals surface area contributed by atoms with E-state index >= 15 is 0 Å². The van der Waals surface area contributed by atoms with Crippen LogP contribution in [-0.2, 0) is 0 Å². The lowest BCUT2D eigenvalue weighted by molar-refractivity contribution is 0.670. The first-order chi connectivity index (χ1) is 21.8. The zero-order valence-electron chi connectivity index (χ0n) is 23.9. The molecule has 206 valence electrons. The molecule has 0 aliphatic heterocycles. The van der Waals surface area contributed by atoms with Gasteiger partial charge in [0.2, 0.25) is 0 Å². The normalized spacial score (nSPS) is 11.6. The average Bonchev–Trinajstić information content (AvgIpc) is 3.49. The summed E-state index contributed by atoms with van der Waals surface area (Å²) in [6.07, 6.45) is 0. The lowest BCUT2D eigenvalue weighted by Crippen LogP contribution is -2.11. The monoisotopic (exact) mass is 561 g/mol. The molecule has 0 amide bonds. The molecule has 0 spiro atoms. The molecule has 1 heterocycles. The average molecular weight is 562 g/mol. The lowest BCUT2D eigenvalue weighted by Gasteiger charge is -2.28. The molecule has 0 atom stereocenters. The van der Waals surface area contributed by atoms with Crippen LogP contribution in [0.15, 0.2) is 168 Å². The van der Waals surface area contributed by atoms with E-state index in [1.165, 1.54) is 37.9 Å². The van der Waals surface area contributed by atoms with Gasteiger partial charge in [0.15, 0.2) is 0 Å². The topological polar surface area (TPSA) is 16.4 Å². The molecular formula is C42H27NO. The van der Waals surface area contributed by atoms with E-state index in [1.54, 1.807) is 0 Å². The van der Waals surface area contributed by atoms with E-state index in [1.807, 2.05) is 6.07 Å². The van der Waals surface area contributed by atoms with Gasteiger partial charge in [0.25, 0.3) is 0 Å². The van der Waals surface area contributed by atoms with Gasteiger partial charge in [0.1, 0.15) is 11.2 Å². The molecule has 0 bridgehead atoms. The number of hydrogen-bond donors (Lipinski definition) is 0. The van der Waals surface area contributed by atoms with Crippen LogP contribution in [-0.4, -0.2) is 0 Å². The van der Waals surface area contributed by atoms with Crippen LogP contribution in [0.4, 0.5) is 17.1 Å². The Morgan fingerprint density at radius 1 is 0.364 bits per heavy atom. The fourth-order valence-corrected chi connectivity index (χ4v) is 6.88. The summed E-state index contributed by atoms with van der Waals surface area (Å²) in [4.78, 5) is 2.41. The summed E-state index contributed by atoms with van der Waals surface area (Å²) in [6, 6.07) is 58.4. The molecule has 8 aromatic carbocycles. The fourth-order valence-electron chi connectivity index (χ4n) is 6.88. The number of benzene rings is 8. The number of hydrogen-bond acceptors (Lipinski definition) is 2. The number of anilines is 3. The van der Waals surface area contributed by atoms with Crippen LogP contribution >= 0.6 is 0 Å². The largest absolute Gasteiger partial charge is 0.455 e. The molecule has 0 aliphatic carbocycles. The highest BCUT2D eigenvalue weighted by Crippen LogP contribution is 2.48. The van der Waals surface area contributed by atoms with Crippen molar-refractivity contribution in [3.05, 3.63) is 164 Å². The van der Waals surface area contributed by atoms with Crippen LogP contribution in [0.2, 0.25) is 0 Å². The van der Waals surface area contributed by atoms with Crippen LogP contribution in [0.3, 0.4) is 0 Å². The highest BCUT2D eigenvalue weighted by molar-refractivity contribution is 6.21. The van der Waals surface area contributed by atoms with Crippen molar-refractivity contribution in [3.8, 4) is 11.1 Å². The van der Waals surface area contributed by atoms with Gasteiger partial charge in [-0.25, -0.2) is 0 Å². The first kappa shape index (κ1) is 24.7. The summed E-state index contributed by atoms with van der Waals surface area (Å²) in [5, 5.41) is 9.54. The van der Waals surface area contributed by atoms with E-state index in [-0.39, 0.29) is 0 Å². The van der Waals surface area contributed by atoms with Crippen molar-refractivity contribution in [1.82, 2.24) is 0 Å². The molecule has 2 heteroatoms. The van der Waals surface area contributed by atoms with E-state index in [2.05, 4.69) is 163 Å². The number of rotatable bonds is 4. The Morgan fingerprint density at radius 2 is 0.977 bits per heavy atom. The molecular weight excluding hydrogens is 534 g/mol. The fraction of sp³-hybridized carbons (Fsp3) is 0. The molecule has 0 saturated heterocycles. The summed E-state index contributed by atoms with van der Waals surface area (Å²) >= 11 is 0. The van der Waals surface area contributed by atoms with Crippen molar-refractivity contribution in [1.29, 1.82) is 0 Å². The lowest BCUT2D eigenvalue weighted by atomic mass is 9.95. The highest BCUT2D eigenvalue weighted by atomic mass is 16.3. The molecule has 0 saturated carbocycles. The third-order valence-corrected chi connectivity index (χ3v) is 8.83. The zero-order valence-corrected chi connectivity index (χ0v) is 23.9. The minimum absolute atomic E-state index is 0.882. The van der Waals surface area contributed by atoms with Gasteiger partial charge in [-0.05, 0) is 68.9 Å². The van der Waals surface area contributed by atoms with E-state index in [0.29, 0.717) is 0 Å². The molecule has 0 N–H and O–H groups in total. The van der Waals surface area contributed by atoms with Gasteiger partial charge >= 0.3 is 0 Å². The van der Waals surface area contributed by atoms with Gasteiger partial charge in [0.05, 0.1) is 16.8 Å². The maximum Gasteiger partial charge on any atom is 0.145 e. The summed E-state index contributed by atoms with van der Waals surface area (Å²) in [5.41, 5.74) is 7.35. The molecule has 1 aromatic heterocycles. The Hall–Kier alpha value is -5.86. The van der Waals surface area contributed by atoms with E-state index < -0.39 is 0 Å². The van der Waals surface area contributed by atoms with Gasteiger partial charge in [-0.1, -0.05) is 127 Å². The maximum absolute atomic E-state index is 6.78. The SMILES string of the molecule is c1ccc(N(c2cccc3ccc4ccccc4c23)c2ccc(-c3cccc4ccccc34)c3oc4ccccc4c23)cc1. The molecule has 0 aliphatic rings. The molecule has 9 rings (SSSR count). The van der Waals surface area contributed by atoms with E-state index in [0.717, 1.165) is 44.6 Å². The summed E-state index contributed by atoms with van der Waals surface area (Å²) in [5.74, 6) is 0. The van der Waals surface area contributed by atoms with Gasteiger partial charge in [-0.15, -0.1) is 0 Å². The van der Waals surface area contributed by atoms with Crippen LogP contribution in [0, 0.1) is 0 Å². The highest BCUT2D eigenvalue weighted by Gasteiger charge is 2.24. The Bertz CT molecular complexity index is 2500. The Kier molecular flexibility index (Phi) is 5.54. The van der Waals surface area contributed by atoms with Crippen molar-refractivity contribution in [2.75, 3.05) is 4.90 Å². The second-order valence-corrected chi connectivity index (χ2v) is 11.3. The third kappa shape index (κ3) is 3.75. The van der Waals surface area contributed by atoms with Crippen LogP contribution in [0.5, 0.6) is 0 Å². The molecule has 0 unspecified atom stereocenters. The number of para-hydroxylation sites is 2. The predicted molar refractivity (Wildman–Crippen MR) is 186 cm³/mol. The quantitative estimate of drug-likeness (QED) is 0.199. The molecule has 0 fully saturated rings. The van der Waals surface area contributed by atoms with Crippen molar-refractivity contribution >= 4 is 71.3 Å². The predicted octanol–water partition coefficient (Wildman–Crippen LogP) is 12.2. The van der Waals surface area contributed by atoms with Crippen molar-refractivity contribution in [3.63, 3.8) is 0 Å². The van der Waals surface area contributed by atoms with Crippen LogP contribution in [0.1, 0.15) is 0 Å². The van der Waals surface area contributed by atoms with Gasteiger partial charge in [-0.3, -0.25) is 0 Å². The van der Waals surface area contributed by atoms with E-state index in [9.17, 15) is 0 Å². The van der Waals surface area contributed by atoms with E-state index in [4.69, 9.17) is 4.42 Å². The smallest absolute Gasteiger partial charge is 0.145 e. The second-order valence-electron chi connectivity index (χ2n) is 11.3. The van der Waals surface area contributed by atoms with Crippen molar-refractivity contribution in [2.45, 2.75) is 0 Å². The number of furan rings is 1. The van der Waals surface area contributed by atoms with Crippen LogP contribution < -0.4 is 4.90 Å². The van der Waals surface area contributed by atoms with Gasteiger partial charge in [0, 0.05) is 22.0 Å². The number of fused-ring (bicyclic) bond motifs is 7. The minimum atomic E-state index is 0.882. The minimum Gasteiger partial charge on any atom is -0.455 e. The molecule has 9 aromatic rings. The maximum atomic E-state index is 6.78. The Morgan fingerprint density at radius 3 is 1.84 bits per heavy atom. The van der Waals surface area contributed by atoms with Gasteiger partial charge < -0.3 is 9.32 Å². The first-order valence-corrected chi connectivity index (χ1v) is 15.0. The molecule has 2 nitrogen and oxygen atoms in total. The number of nitrogens with zero attached hydrogens (tertiary/aromatic N) is 1. The van der Waals surface area contributed by atoms with Gasteiger partial charge in [-0.2, -0.15) is 0 Å². The zero-order chi connectivity index (χ0) is 29.0. The standard InChI is InChI=1S/C42H27NO/c1-2-16-31(17-3-1)43(37-22-11-15-30-25-24-29-13-5-7-19-33(29)40(30)37)38-27-26-35(34-21-10-14-28-12-4-6-18-32(28)34)42-41(38)36-20-8-9-23-39(36)44-42/h1-27H. The second kappa shape index (κ2) is 9.86. The summed E-state index contributed by atoms with van der Waals surface area (Å²) in [7, 11) is 0. The Labute approximate surface area is 255 Å². The first-order valence-electron chi connectivity index (χ1n) is 15.0. The summed E-state index contributed by atoms with van der Waals surface area (Å²) < 4.78 is 6.78. The molecule has 0 radical (unpaired) electrons.